The van der Waals surface area contributed by atoms with Crippen LogP contribution in [0, 0.1) is 12.8 Å². The summed E-state index contributed by atoms with van der Waals surface area (Å²) in [5.41, 5.74) is 2.48. The van der Waals surface area contributed by atoms with E-state index in [1.54, 1.807) is 36.4 Å². The molecule has 0 heterocycles. The van der Waals surface area contributed by atoms with Gasteiger partial charge in [0.1, 0.15) is 5.75 Å². The van der Waals surface area contributed by atoms with Crippen molar-refractivity contribution in [3.63, 3.8) is 0 Å². The third-order valence-corrected chi connectivity index (χ3v) is 4.60. The topological polar surface area (TPSA) is 96.5 Å². The molecule has 0 aliphatic heterocycles. The van der Waals surface area contributed by atoms with Gasteiger partial charge in [-0.2, -0.15) is 0 Å². The Labute approximate surface area is 183 Å². The predicted octanol–water partition coefficient (Wildman–Crippen LogP) is 4.14. The van der Waals surface area contributed by atoms with Gasteiger partial charge < -0.3 is 20.7 Å². The highest BCUT2D eigenvalue weighted by atomic mass is 16.5. The van der Waals surface area contributed by atoms with E-state index in [1.165, 1.54) is 0 Å². The van der Waals surface area contributed by atoms with E-state index >= 15 is 0 Å². The van der Waals surface area contributed by atoms with E-state index in [-0.39, 0.29) is 30.2 Å². The zero-order valence-corrected chi connectivity index (χ0v) is 18.6. The molecule has 0 aromatic heterocycles. The molecule has 0 atom stereocenters. The monoisotopic (exact) mass is 425 g/mol. The van der Waals surface area contributed by atoms with Crippen molar-refractivity contribution in [3.05, 3.63) is 53.6 Å². The summed E-state index contributed by atoms with van der Waals surface area (Å²) in [7, 11) is 0. The molecule has 166 valence electrons. The van der Waals surface area contributed by atoms with Crippen LogP contribution < -0.4 is 20.7 Å². The Morgan fingerprint density at radius 3 is 2.35 bits per heavy atom. The normalized spacial score (nSPS) is 10.5. The van der Waals surface area contributed by atoms with E-state index in [0.29, 0.717) is 29.3 Å². The largest absolute Gasteiger partial charge is 0.494 e. The molecule has 0 saturated heterocycles. The zero-order chi connectivity index (χ0) is 22.8. The van der Waals surface area contributed by atoms with Crippen molar-refractivity contribution in [3.8, 4) is 5.75 Å². The summed E-state index contributed by atoms with van der Waals surface area (Å²) < 4.78 is 5.58. The van der Waals surface area contributed by atoms with E-state index in [9.17, 15) is 14.4 Å². The molecular formula is C24H31N3O4. The summed E-state index contributed by atoms with van der Waals surface area (Å²) in [6.07, 6.45) is 2.03. The van der Waals surface area contributed by atoms with Crippen LogP contribution in [0.5, 0.6) is 5.75 Å². The Hall–Kier alpha value is -3.35. The summed E-state index contributed by atoms with van der Waals surface area (Å²) in [6.45, 7) is 8.03. The molecule has 3 N–H and O–H groups in total. The van der Waals surface area contributed by atoms with Crippen LogP contribution in [0.1, 0.15) is 49.5 Å². The number of hydrogen-bond acceptors (Lipinski definition) is 4. The summed E-state index contributed by atoms with van der Waals surface area (Å²) in [6, 6.07) is 12.1. The van der Waals surface area contributed by atoms with E-state index in [0.717, 1.165) is 18.4 Å². The summed E-state index contributed by atoms with van der Waals surface area (Å²) in [4.78, 5) is 36.5. The zero-order valence-electron chi connectivity index (χ0n) is 18.6. The van der Waals surface area contributed by atoms with Crippen LogP contribution in [0.2, 0.25) is 0 Å². The lowest BCUT2D eigenvalue weighted by atomic mass is 10.1. The number of unbranched alkanes of at least 4 members (excludes halogenated alkanes) is 1. The maximum Gasteiger partial charge on any atom is 0.251 e. The SMILES string of the molecule is CCCCOc1ccc(C(=O)NCC(=O)Nc2cc(NC(=O)C(C)C)ccc2C)cc1. The molecule has 0 bridgehead atoms. The van der Waals surface area contributed by atoms with E-state index in [4.69, 9.17) is 4.74 Å². The van der Waals surface area contributed by atoms with Crippen molar-refractivity contribution in [2.75, 3.05) is 23.8 Å². The molecule has 2 aromatic rings. The van der Waals surface area contributed by atoms with Crippen LogP contribution in [-0.4, -0.2) is 30.9 Å². The fourth-order valence-corrected chi connectivity index (χ4v) is 2.61. The molecule has 31 heavy (non-hydrogen) atoms. The average Bonchev–Trinajstić information content (AvgIpc) is 2.75. The first-order chi connectivity index (χ1) is 14.8. The number of anilines is 2. The maximum absolute atomic E-state index is 12.3. The van der Waals surface area contributed by atoms with Gasteiger partial charge in [0.15, 0.2) is 0 Å². The summed E-state index contributed by atoms with van der Waals surface area (Å²) in [5, 5.41) is 8.19. The van der Waals surface area contributed by atoms with Crippen molar-refractivity contribution in [1.29, 1.82) is 0 Å². The minimum atomic E-state index is -0.358. The van der Waals surface area contributed by atoms with Gasteiger partial charge in [0.25, 0.3) is 5.91 Å². The van der Waals surface area contributed by atoms with Crippen LogP contribution >= 0.6 is 0 Å². The Balaban J connectivity index is 1.88. The minimum absolute atomic E-state index is 0.102. The van der Waals surface area contributed by atoms with Crippen LogP contribution in [-0.2, 0) is 9.59 Å². The lowest BCUT2D eigenvalue weighted by molar-refractivity contribution is -0.119. The number of aryl methyl sites for hydroxylation is 1. The Morgan fingerprint density at radius 1 is 1.00 bits per heavy atom. The fourth-order valence-electron chi connectivity index (χ4n) is 2.61. The molecule has 0 saturated carbocycles. The highest BCUT2D eigenvalue weighted by molar-refractivity contribution is 6.00. The van der Waals surface area contributed by atoms with Gasteiger partial charge in [0.05, 0.1) is 13.2 Å². The molecule has 0 spiro atoms. The first-order valence-electron chi connectivity index (χ1n) is 10.5. The van der Waals surface area contributed by atoms with Crippen LogP contribution in [0.25, 0.3) is 0 Å². The predicted molar refractivity (Wildman–Crippen MR) is 122 cm³/mol. The average molecular weight is 426 g/mol. The van der Waals surface area contributed by atoms with Gasteiger partial charge in [0.2, 0.25) is 11.8 Å². The number of carbonyl (C=O) groups is 3. The van der Waals surface area contributed by atoms with Gasteiger partial charge in [-0.25, -0.2) is 0 Å². The van der Waals surface area contributed by atoms with Gasteiger partial charge in [-0.05, 0) is 55.3 Å². The van der Waals surface area contributed by atoms with Crippen LogP contribution in [0.3, 0.4) is 0 Å². The van der Waals surface area contributed by atoms with Gasteiger partial charge in [-0.15, -0.1) is 0 Å². The smallest absolute Gasteiger partial charge is 0.251 e. The summed E-state index contributed by atoms with van der Waals surface area (Å²) >= 11 is 0. The minimum Gasteiger partial charge on any atom is -0.494 e. The van der Waals surface area contributed by atoms with E-state index in [1.807, 2.05) is 26.8 Å². The van der Waals surface area contributed by atoms with Crippen molar-refractivity contribution >= 4 is 29.1 Å². The molecule has 0 fully saturated rings. The van der Waals surface area contributed by atoms with Gasteiger partial charge in [-0.3, -0.25) is 14.4 Å². The Morgan fingerprint density at radius 2 is 1.71 bits per heavy atom. The third kappa shape index (κ3) is 7.77. The van der Waals surface area contributed by atoms with Crippen LogP contribution in [0.15, 0.2) is 42.5 Å². The standard InChI is InChI=1S/C24H31N3O4/c1-5-6-13-31-20-11-8-18(9-12-20)24(30)25-15-22(28)27-21-14-19(10-7-17(21)4)26-23(29)16(2)3/h7-12,14,16H,5-6,13,15H2,1-4H3,(H,25,30)(H,26,29)(H,27,28). The first-order valence-corrected chi connectivity index (χ1v) is 10.5. The lowest BCUT2D eigenvalue weighted by Crippen LogP contribution is -2.33. The molecule has 0 aliphatic carbocycles. The lowest BCUT2D eigenvalue weighted by Gasteiger charge is -2.13. The van der Waals surface area contributed by atoms with Gasteiger partial charge in [-0.1, -0.05) is 33.3 Å². The molecule has 3 amide bonds. The summed E-state index contributed by atoms with van der Waals surface area (Å²) in [5.74, 6) is -0.238. The number of rotatable bonds is 10. The van der Waals surface area contributed by atoms with Crippen LogP contribution in [0.4, 0.5) is 11.4 Å². The third-order valence-electron chi connectivity index (χ3n) is 4.60. The number of hydrogen-bond donors (Lipinski definition) is 3. The highest BCUT2D eigenvalue weighted by Gasteiger charge is 2.12. The molecule has 2 rings (SSSR count). The van der Waals surface area contributed by atoms with Crippen molar-refractivity contribution in [1.82, 2.24) is 5.32 Å². The second kappa shape index (κ2) is 11.7. The molecule has 7 heteroatoms. The maximum atomic E-state index is 12.3. The number of carbonyl (C=O) groups excluding carboxylic acids is 3. The number of ether oxygens (including phenoxy) is 1. The number of benzene rings is 2. The highest BCUT2D eigenvalue weighted by Crippen LogP contribution is 2.21. The number of nitrogens with one attached hydrogen (secondary N) is 3. The fraction of sp³-hybridized carbons (Fsp3) is 0.375. The number of amides is 3. The second-order valence-corrected chi connectivity index (χ2v) is 7.63. The quantitative estimate of drug-likeness (QED) is 0.499. The second-order valence-electron chi connectivity index (χ2n) is 7.63. The van der Waals surface area contributed by atoms with Crippen molar-refractivity contribution in [2.24, 2.45) is 5.92 Å². The molecule has 0 unspecified atom stereocenters. The first kappa shape index (κ1) is 23.9. The van der Waals surface area contributed by atoms with Gasteiger partial charge in [0, 0.05) is 22.9 Å². The molecule has 0 radical (unpaired) electrons. The molecule has 2 aromatic carbocycles. The Bertz CT molecular complexity index is 908. The van der Waals surface area contributed by atoms with E-state index in [2.05, 4.69) is 22.9 Å². The van der Waals surface area contributed by atoms with Crippen molar-refractivity contribution < 1.29 is 19.1 Å². The molecular weight excluding hydrogens is 394 g/mol. The molecule has 0 aliphatic rings. The van der Waals surface area contributed by atoms with Crippen molar-refractivity contribution in [2.45, 2.75) is 40.5 Å². The Kier molecular flexibility index (Phi) is 9.06. The molecule has 7 nitrogen and oxygen atoms in total. The van der Waals surface area contributed by atoms with E-state index < -0.39 is 0 Å². The van der Waals surface area contributed by atoms with Gasteiger partial charge >= 0.3 is 0 Å².